The van der Waals surface area contributed by atoms with Gasteiger partial charge in [-0.1, -0.05) is 36.4 Å². The molecule has 0 saturated carbocycles. The number of carboxylic acid groups (broad SMARTS) is 1. The van der Waals surface area contributed by atoms with Gasteiger partial charge in [-0.15, -0.1) is 0 Å². The zero-order valence-electron chi connectivity index (χ0n) is 23.6. The summed E-state index contributed by atoms with van der Waals surface area (Å²) in [5.74, 6) is -4.06. The number of benzene rings is 2. The van der Waals surface area contributed by atoms with Gasteiger partial charge in [-0.25, -0.2) is 4.79 Å². The Morgan fingerprint density at radius 2 is 1.30 bits per heavy atom. The summed E-state index contributed by atoms with van der Waals surface area (Å²) in [6.07, 6.45) is 3.27. The van der Waals surface area contributed by atoms with Gasteiger partial charge in [-0.2, -0.15) is 0 Å². The average molecular weight is 590 g/mol. The van der Waals surface area contributed by atoms with Crippen LogP contribution in [-0.2, 0) is 36.8 Å². The smallest absolute Gasteiger partial charge is 0.326 e. The lowest BCUT2D eigenvalue weighted by molar-refractivity contribution is -0.142. The summed E-state index contributed by atoms with van der Waals surface area (Å²) < 4.78 is 0. The molecule has 0 bridgehead atoms. The molecule has 0 aliphatic rings. The lowest BCUT2D eigenvalue weighted by Crippen LogP contribution is -2.57. The first-order valence-electron chi connectivity index (χ1n) is 13.8. The molecule has 0 aliphatic heterocycles. The van der Waals surface area contributed by atoms with Gasteiger partial charge in [0.2, 0.25) is 23.6 Å². The fourth-order valence-electron chi connectivity index (χ4n) is 4.86. The second-order valence-corrected chi connectivity index (χ2v) is 10.4. The number of para-hydroxylation sites is 2. The third-order valence-electron chi connectivity index (χ3n) is 7.23. The molecule has 4 amide bonds. The molecule has 0 fully saturated rings. The Balaban J connectivity index is 1.45. The van der Waals surface area contributed by atoms with Gasteiger partial charge in [-0.3, -0.25) is 19.2 Å². The standard InChI is InChI=1S/C30H35N7O6/c1-16(35-28(40)21(31)12-17-14-33-22-8-4-2-6-19(17)22)27(39)37-25(13-18-15-34-23-9-5-3-7-20(18)23)29(41)36-24(30(42)43)10-11-26(32)38/h2-9,14-16,21,24-25,33-34H,10-13,31H2,1H3,(H2,32,38)(H,35,40)(H,36,41)(H,37,39)(H,42,43). The van der Waals surface area contributed by atoms with Crippen LogP contribution < -0.4 is 27.4 Å². The van der Waals surface area contributed by atoms with Crippen molar-refractivity contribution in [1.29, 1.82) is 0 Å². The molecule has 4 rings (SSSR count). The van der Waals surface area contributed by atoms with Gasteiger partial charge in [0.15, 0.2) is 0 Å². The van der Waals surface area contributed by atoms with Gasteiger partial charge in [-0.05, 0) is 43.0 Å². The summed E-state index contributed by atoms with van der Waals surface area (Å²) in [6, 6.07) is 10.4. The largest absolute Gasteiger partial charge is 0.480 e. The summed E-state index contributed by atoms with van der Waals surface area (Å²) in [6.45, 7) is 1.46. The Hall–Kier alpha value is -5.17. The highest BCUT2D eigenvalue weighted by Gasteiger charge is 2.30. The van der Waals surface area contributed by atoms with Gasteiger partial charge < -0.3 is 42.5 Å². The number of fused-ring (bicyclic) bond motifs is 2. The van der Waals surface area contributed by atoms with Crippen molar-refractivity contribution < 1.29 is 29.1 Å². The van der Waals surface area contributed by atoms with Gasteiger partial charge >= 0.3 is 5.97 Å². The van der Waals surface area contributed by atoms with Crippen molar-refractivity contribution in [2.24, 2.45) is 11.5 Å². The number of primary amides is 1. The van der Waals surface area contributed by atoms with E-state index in [1.54, 1.807) is 12.4 Å². The van der Waals surface area contributed by atoms with Gasteiger partial charge in [0.05, 0.1) is 6.04 Å². The van der Waals surface area contributed by atoms with Crippen LogP contribution in [-0.4, -0.2) is 68.8 Å². The monoisotopic (exact) mass is 589 g/mol. The number of hydrogen-bond donors (Lipinski definition) is 8. The van der Waals surface area contributed by atoms with E-state index in [9.17, 15) is 29.1 Å². The minimum absolute atomic E-state index is 0.0183. The molecule has 0 aliphatic carbocycles. The number of carbonyl (C=O) groups excluding carboxylic acids is 4. The van der Waals surface area contributed by atoms with Crippen molar-refractivity contribution in [2.45, 2.75) is 56.8 Å². The Kier molecular flexibility index (Phi) is 9.78. The second-order valence-electron chi connectivity index (χ2n) is 10.4. The number of H-pyrrole nitrogens is 2. The number of carbonyl (C=O) groups is 5. The maximum atomic E-state index is 13.3. The molecule has 13 nitrogen and oxygen atoms in total. The van der Waals surface area contributed by atoms with Gasteiger partial charge in [0.25, 0.3) is 0 Å². The SMILES string of the molecule is CC(NC(=O)C(N)Cc1c[nH]c2ccccc12)C(=O)NC(Cc1c[nH]c2ccccc12)C(=O)NC(CCC(N)=O)C(=O)O. The lowest BCUT2D eigenvalue weighted by atomic mass is 10.0. The van der Waals surface area contributed by atoms with E-state index in [-0.39, 0.29) is 25.7 Å². The van der Waals surface area contributed by atoms with E-state index in [4.69, 9.17) is 11.5 Å². The average Bonchev–Trinajstić information content (AvgIpc) is 3.58. The van der Waals surface area contributed by atoms with Crippen molar-refractivity contribution in [3.8, 4) is 0 Å². The van der Waals surface area contributed by atoms with E-state index in [0.29, 0.717) is 5.56 Å². The Labute approximate surface area is 246 Å². The predicted octanol–water partition coefficient (Wildman–Crippen LogP) is 0.586. The minimum Gasteiger partial charge on any atom is -0.480 e. The number of hydrogen-bond acceptors (Lipinski definition) is 6. The zero-order chi connectivity index (χ0) is 31.1. The minimum atomic E-state index is -1.40. The molecule has 2 aromatic heterocycles. The molecule has 0 saturated heterocycles. The van der Waals surface area contributed by atoms with Crippen LogP contribution in [0.25, 0.3) is 21.8 Å². The molecule has 4 unspecified atom stereocenters. The second kappa shape index (κ2) is 13.7. The predicted molar refractivity (Wildman–Crippen MR) is 160 cm³/mol. The molecule has 0 spiro atoms. The molecule has 13 heteroatoms. The topological polar surface area (TPSA) is 225 Å². The normalized spacial score (nSPS) is 14.0. The summed E-state index contributed by atoms with van der Waals surface area (Å²) in [5, 5.41) is 19.0. The Morgan fingerprint density at radius 3 is 1.86 bits per heavy atom. The van der Waals surface area contributed by atoms with Crippen molar-refractivity contribution in [3.05, 3.63) is 72.1 Å². The van der Waals surface area contributed by atoms with Crippen LogP contribution in [0.5, 0.6) is 0 Å². The van der Waals surface area contributed by atoms with Gasteiger partial charge in [0, 0.05) is 47.0 Å². The third-order valence-corrected chi connectivity index (χ3v) is 7.23. The van der Waals surface area contributed by atoms with E-state index in [1.165, 1.54) is 6.92 Å². The first-order chi connectivity index (χ1) is 20.5. The van der Waals surface area contributed by atoms with E-state index in [0.717, 1.165) is 27.4 Å². The maximum Gasteiger partial charge on any atom is 0.326 e. The van der Waals surface area contributed by atoms with Crippen LogP contribution in [0.1, 0.15) is 30.9 Å². The quantitative estimate of drug-likeness (QED) is 0.104. The highest BCUT2D eigenvalue weighted by Crippen LogP contribution is 2.20. The summed E-state index contributed by atoms with van der Waals surface area (Å²) >= 11 is 0. The Morgan fingerprint density at radius 1 is 0.767 bits per heavy atom. The number of nitrogens with two attached hydrogens (primary N) is 2. The third kappa shape index (κ3) is 7.77. The highest BCUT2D eigenvalue weighted by molar-refractivity contribution is 5.95. The number of amides is 4. The van der Waals surface area contributed by atoms with Crippen LogP contribution in [0.15, 0.2) is 60.9 Å². The van der Waals surface area contributed by atoms with Gasteiger partial charge in [0.1, 0.15) is 18.1 Å². The molecule has 4 aromatic rings. The van der Waals surface area contributed by atoms with Crippen LogP contribution in [0, 0.1) is 0 Å². The van der Waals surface area contributed by atoms with E-state index in [1.807, 2.05) is 48.5 Å². The first-order valence-corrected chi connectivity index (χ1v) is 13.8. The van der Waals surface area contributed by atoms with Crippen molar-refractivity contribution in [1.82, 2.24) is 25.9 Å². The van der Waals surface area contributed by atoms with E-state index in [2.05, 4.69) is 25.9 Å². The molecule has 0 radical (unpaired) electrons. The molecular weight excluding hydrogens is 554 g/mol. The molecule has 43 heavy (non-hydrogen) atoms. The van der Waals surface area contributed by atoms with Crippen molar-refractivity contribution in [3.63, 3.8) is 0 Å². The number of nitrogens with one attached hydrogen (secondary N) is 5. The number of aromatic nitrogens is 2. The van der Waals surface area contributed by atoms with E-state index < -0.39 is 53.8 Å². The molecule has 2 aromatic carbocycles. The number of rotatable bonds is 14. The van der Waals surface area contributed by atoms with Crippen LogP contribution in [0.4, 0.5) is 0 Å². The molecule has 10 N–H and O–H groups in total. The molecular formula is C30H35N7O6. The van der Waals surface area contributed by atoms with Crippen molar-refractivity contribution >= 4 is 51.4 Å². The molecule has 2 heterocycles. The van der Waals surface area contributed by atoms with E-state index >= 15 is 0 Å². The lowest BCUT2D eigenvalue weighted by Gasteiger charge is -2.24. The molecule has 226 valence electrons. The fourth-order valence-corrected chi connectivity index (χ4v) is 4.86. The van der Waals surface area contributed by atoms with Crippen LogP contribution in [0.2, 0.25) is 0 Å². The highest BCUT2D eigenvalue weighted by atomic mass is 16.4. The summed E-state index contributed by atoms with van der Waals surface area (Å²) in [7, 11) is 0. The fraction of sp³-hybridized carbons (Fsp3) is 0.300. The summed E-state index contributed by atoms with van der Waals surface area (Å²) in [4.78, 5) is 68.6. The van der Waals surface area contributed by atoms with Crippen LogP contribution >= 0.6 is 0 Å². The number of aliphatic carboxylic acids is 1. The first kappa shape index (κ1) is 30.8. The van der Waals surface area contributed by atoms with Crippen molar-refractivity contribution in [2.75, 3.05) is 0 Å². The Bertz CT molecular complexity index is 1640. The number of carboxylic acids is 1. The van der Waals surface area contributed by atoms with Crippen LogP contribution in [0.3, 0.4) is 0 Å². The number of aromatic amines is 2. The molecule has 4 atom stereocenters. The summed E-state index contributed by atoms with van der Waals surface area (Å²) in [5.41, 5.74) is 14.6. The maximum absolute atomic E-state index is 13.3. The zero-order valence-corrected chi connectivity index (χ0v) is 23.6.